The van der Waals surface area contributed by atoms with E-state index in [1.54, 1.807) is 37.0 Å². The van der Waals surface area contributed by atoms with E-state index in [1.807, 2.05) is 78.3 Å². The van der Waals surface area contributed by atoms with E-state index in [2.05, 4.69) is 38.9 Å². The van der Waals surface area contributed by atoms with Gasteiger partial charge in [0.05, 0.1) is 18.1 Å². The molecule has 222 valence electrons. The number of fused-ring (bicyclic) bond motifs is 2. The highest BCUT2D eigenvalue weighted by Gasteiger charge is 2.08. The first kappa shape index (κ1) is 27.7. The van der Waals surface area contributed by atoms with Crippen LogP contribution in [0.5, 0.6) is 0 Å². The highest BCUT2D eigenvalue weighted by atomic mass is 16.1. The third-order valence-corrected chi connectivity index (χ3v) is 7.00. The molecule has 0 amide bonds. The van der Waals surface area contributed by atoms with Crippen LogP contribution >= 0.6 is 0 Å². The first-order valence-corrected chi connectivity index (χ1v) is 13.6. The molecule has 2 aromatic carbocycles. The molecular weight excluding hydrogens is 536 g/mol. The number of rotatable bonds is 5. The van der Waals surface area contributed by atoms with Crippen LogP contribution in [0.15, 0.2) is 85.5 Å². The molecule has 0 bridgehead atoms. The predicted molar refractivity (Wildman–Crippen MR) is 175 cm³/mol. The number of aromatic nitrogens is 6. The van der Waals surface area contributed by atoms with Crippen LogP contribution in [-0.2, 0) is 12.8 Å². The maximum Gasteiger partial charge on any atom is 0.159 e. The van der Waals surface area contributed by atoms with Gasteiger partial charge in [0, 0.05) is 36.4 Å². The van der Waals surface area contributed by atoms with E-state index in [-0.39, 0.29) is 20.4 Å². The molecule has 0 atom stereocenters. The van der Waals surface area contributed by atoms with Gasteiger partial charge in [0.25, 0.3) is 0 Å². The molecule has 0 saturated carbocycles. The molecule has 6 rings (SSSR count). The fourth-order valence-electron chi connectivity index (χ4n) is 4.49. The van der Waals surface area contributed by atoms with Gasteiger partial charge in [0.1, 0.15) is 5.69 Å². The van der Waals surface area contributed by atoms with Crippen LogP contribution in [0.25, 0.3) is 11.3 Å². The number of hydrogen-bond acceptors (Lipinski definition) is 6. The van der Waals surface area contributed by atoms with Gasteiger partial charge in [-0.3, -0.25) is 9.59 Å². The SMILES string of the molecule is C.CC(=O)c1ccc(C)c(C#Cc2cnc3cccnn23)c1.CC(=O)c1ccc(C)c(CCc2cnc3cccnn23)c1.[2HH].[2H][2H].[2H][2H]. The van der Waals surface area contributed by atoms with E-state index in [9.17, 15) is 9.59 Å². The van der Waals surface area contributed by atoms with Crippen LogP contribution in [0.2, 0.25) is 0 Å². The minimum absolute atomic E-state index is 0. The van der Waals surface area contributed by atoms with Crippen molar-refractivity contribution in [3.8, 4) is 11.8 Å². The highest BCUT2D eigenvalue weighted by Crippen LogP contribution is 2.16. The van der Waals surface area contributed by atoms with Gasteiger partial charge in [-0.25, -0.2) is 19.0 Å². The number of hydrogen-bond donors (Lipinski definition) is 0. The van der Waals surface area contributed by atoms with Gasteiger partial charge in [0.15, 0.2) is 22.9 Å². The Morgan fingerprint density at radius 3 is 2.07 bits per heavy atom. The van der Waals surface area contributed by atoms with Gasteiger partial charge in [-0.15, -0.1) is 0 Å². The number of nitrogens with zero attached hydrogens (tertiary/aromatic N) is 6. The second kappa shape index (κ2) is 13.5. The van der Waals surface area contributed by atoms with Crippen molar-refractivity contribution in [2.75, 3.05) is 0 Å². The molecule has 8 heteroatoms. The highest BCUT2D eigenvalue weighted by molar-refractivity contribution is 5.94. The van der Waals surface area contributed by atoms with Crippen molar-refractivity contribution in [3.05, 3.63) is 130 Å². The van der Waals surface area contributed by atoms with Crippen molar-refractivity contribution >= 4 is 22.9 Å². The quantitative estimate of drug-likeness (QED) is 0.160. The van der Waals surface area contributed by atoms with Gasteiger partial charge in [-0.05, 0) is 99.5 Å². The molecule has 0 N–H and O–H groups in total. The summed E-state index contributed by atoms with van der Waals surface area (Å²) in [7, 11) is 0. The van der Waals surface area contributed by atoms with Crippen LogP contribution in [0.1, 0.15) is 83.0 Å². The van der Waals surface area contributed by atoms with E-state index >= 15 is 0 Å². The van der Waals surface area contributed by atoms with E-state index in [1.165, 1.54) is 11.1 Å². The molecule has 0 saturated heterocycles. The molecule has 0 fully saturated rings. The van der Waals surface area contributed by atoms with E-state index in [0.29, 0.717) is 5.56 Å². The Hall–Kier alpha value is -5.42. The Balaban J connectivity index is 0.000000419. The molecule has 0 aliphatic carbocycles. The van der Waals surface area contributed by atoms with Crippen LogP contribution < -0.4 is 0 Å². The fraction of sp³-hybridized carbons (Fsp3) is 0.200. The second-order valence-corrected chi connectivity index (χ2v) is 10.0. The van der Waals surface area contributed by atoms with Crippen LogP contribution in [-0.4, -0.2) is 40.8 Å². The summed E-state index contributed by atoms with van der Waals surface area (Å²) in [6.45, 7) is 7.20. The summed E-state index contributed by atoms with van der Waals surface area (Å²) in [6, 6.07) is 19.0. The Bertz CT molecular complexity index is 2010. The first-order valence-electron chi connectivity index (χ1n) is 15.6. The van der Waals surface area contributed by atoms with Crippen LogP contribution in [0.4, 0.5) is 0 Å². The summed E-state index contributed by atoms with van der Waals surface area (Å²) in [6.07, 6.45) is 8.74. The number of benzene rings is 2. The number of aryl methyl sites for hydroxylation is 4. The Labute approximate surface area is 259 Å². The lowest BCUT2D eigenvalue weighted by Crippen LogP contribution is -2.02. The summed E-state index contributed by atoms with van der Waals surface area (Å²) in [5.41, 5.74) is 9.15. The molecule has 0 unspecified atom stereocenters. The molecule has 8 nitrogen and oxygen atoms in total. The lowest BCUT2D eigenvalue weighted by Gasteiger charge is -2.07. The maximum absolute atomic E-state index is 11.5. The molecule has 0 aliphatic rings. The molecule has 0 radical (unpaired) electrons. The Kier molecular flexibility index (Phi) is 8.70. The molecular formula is C35H40N6O2. The minimum atomic E-state index is 0. The van der Waals surface area contributed by atoms with E-state index in [4.69, 9.17) is 5.94 Å². The van der Waals surface area contributed by atoms with Gasteiger partial charge in [-0.2, -0.15) is 10.2 Å². The van der Waals surface area contributed by atoms with Crippen molar-refractivity contribution in [1.82, 2.24) is 29.2 Å². The summed E-state index contributed by atoms with van der Waals surface area (Å²) >= 11 is 0. The smallest absolute Gasteiger partial charge is 0.159 e. The summed E-state index contributed by atoms with van der Waals surface area (Å²) < 4.78 is 23.6. The zero-order chi connectivity index (χ0) is 33.6. The summed E-state index contributed by atoms with van der Waals surface area (Å²) in [5, 5.41) is 8.54. The first-order chi connectivity index (χ1) is 22.3. The van der Waals surface area contributed by atoms with Gasteiger partial charge in [0.2, 0.25) is 0 Å². The normalized spacial score (nSPS) is 10.7. The minimum Gasteiger partial charge on any atom is -0.295 e. The van der Waals surface area contributed by atoms with E-state index in [0.717, 1.165) is 52.2 Å². The average molecular weight is 582 g/mol. The molecule has 43 heavy (non-hydrogen) atoms. The largest absolute Gasteiger partial charge is 0.295 e. The zero-order valence-electron chi connectivity index (χ0n) is 28.0. The Morgan fingerprint density at radius 1 is 0.767 bits per heavy atom. The standard InChI is InChI=1S/C17H17N3O.C17H13N3O.CH4.3H2/c2*1-12-5-6-15(13(2)21)10-14(12)7-8-16-11-18-17-4-3-9-19-20(16)17;;;;/h3-6,9-11H,7-8H2,1-2H3;3-6,9-11H,1-2H3;1H4;3*1H/i;;;2*1+1D;1+1. The van der Waals surface area contributed by atoms with Gasteiger partial charge in [-0.1, -0.05) is 37.6 Å². The molecule has 4 heterocycles. The van der Waals surface area contributed by atoms with Crippen molar-refractivity contribution in [2.45, 2.75) is 48.0 Å². The van der Waals surface area contributed by atoms with Crippen molar-refractivity contribution < 1.29 is 17.0 Å². The number of imidazole rings is 2. The lowest BCUT2D eigenvalue weighted by molar-refractivity contribution is 0.100. The van der Waals surface area contributed by atoms with E-state index < -0.39 is 0 Å². The molecule has 0 spiro atoms. The molecule has 0 aliphatic heterocycles. The van der Waals surface area contributed by atoms with Gasteiger partial charge >= 0.3 is 0 Å². The monoisotopic (exact) mass is 581 g/mol. The molecule has 4 aromatic heterocycles. The third kappa shape index (κ3) is 7.08. The number of Topliss-reactive ketones (excluding diaryl/α,β-unsaturated/α-hetero) is 2. The zero-order valence-corrected chi connectivity index (χ0v) is 24.0. The van der Waals surface area contributed by atoms with Gasteiger partial charge < -0.3 is 0 Å². The van der Waals surface area contributed by atoms with Crippen LogP contribution in [0, 0.1) is 25.7 Å². The second-order valence-electron chi connectivity index (χ2n) is 10.0. The predicted octanol–water partition coefficient (Wildman–Crippen LogP) is 7.04. The van der Waals surface area contributed by atoms with Crippen molar-refractivity contribution in [2.24, 2.45) is 0 Å². The Morgan fingerprint density at radius 2 is 1.37 bits per heavy atom. The average Bonchev–Trinajstić information content (AvgIpc) is 3.70. The number of carbonyl (C=O) groups is 2. The van der Waals surface area contributed by atoms with Crippen molar-refractivity contribution in [1.29, 1.82) is 0 Å². The maximum atomic E-state index is 11.5. The molecule has 6 aromatic rings. The number of ketones is 2. The topological polar surface area (TPSA) is 94.5 Å². The van der Waals surface area contributed by atoms with Crippen LogP contribution in [0.3, 0.4) is 0 Å². The van der Waals surface area contributed by atoms with Crippen molar-refractivity contribution in [3.63, 3.8) is 0 Å². The fourth-order valence-corrected chi connectivity index (χ4v) is 4.49. The lowest BCUT2D eigenvalue weighted by atomic mass is 9.99. The summed E-state index contributed by atoms with van der Waals surface area (Å²) in [5.74, 6) is 6.31. The summed E-state index contributed by atoms with van der Waals surface area (Å²) in [4.78, 5) is 31.5. The number of carbonyl (C=O) groups excluding carboxylic acids is 2. The third-order valence-electron chi connectivity index (χ3n) is 7.00.